The Morgan fingerprint density at radius 2 is 1.90 bits per heavy atom. The molecule has 8 nitrogen and oxygen atoms in total. The first kappa shape index (κ1) is 20.9. The number of amides is 1. The lowest BCUT2D eigenvalue weighted by Gasteiger charge is -2.38. The Hall–Kier alpha value is -3.39. The Morgan fingerprint density at radius 3 is 2.61 bits per heavy atom. The highest BCUT2D eigenvalue weighted by Gasteiger charge is 2.47. The first-order chi connectivity index (χ1) is 15.1. The van der Waals surface area contributed by atoms with Crippen LogP contribution < -0.4 is 4.90 Å². The molecule has 3 aromatic rings. The molecule has 1 aliphatic rings. The summed E-state index contributed by atoms with van der Waals surface area (Å²) in [6.07, 6.45) is 0.602. The number of anilines is 1. The molecule has 1 N–H and O–H groups in total. The normalized spacial score (nSPS) is 18.3. The van der Waals surface area contributed by atoms with Gasteiger partial charge in [0.25, 0.3) is 0 Å². The quantitative estimate of drug-likeness (QED) is 0.357. The molecule has 0 radical (unpaired) electrons. The number of aromatic hydroxyl groups is 1. The van der Waals surface area contributed by atoms with Crippen LogP contribution in [-0.2, 0) is 19.1 Å². The molecule has 0 aliphatic carbocycles. The molecule has 0 unspecified atom stereocenters. The Labute approximate surface area is 180 Å². The van der Waals surface area contributed by atoms with Crippen LogP contribution in [0.25, 0.3) is 11.0 Å². The molecule has 1 aliphatic heterocycles. The number of phenolic OH excluding ortho intramolecular Hbond substituents is 1. The maximum atomic E-state index is 13.6. The van der Waals surface area contributed by atoms with Gasteiger partial charge in [0, 0.05) is 20.3 Å². The minimum atomic E-state index is -1.07. The minimum absolute atomic E-state index is 0.107. The van der Waals surface area contributed by atoms with Crippen molar-refractivity contribution >= 4 is 28.9 Å². The van der Waals surface area contributed by atoms with E-state index in [4.69, 9.17) is 14.5 Å². The van der Waals surface area contributed by atoms with E-state index in [1.54, 1.807) is 43.2 Å². The molecule has 0 spiro atoms. The third-order valence-corrected chi connectivity index (χ3v) is 5.45. The number of rotatable bonds is 7. The Morgan fingerprint density at radius 1 is 1.16 bits per heavy atom. The molecule has 0 saturated carbocycles. The number of ether oxygens (including phenoxy) is 2. The number of benzene rings is 2. The van der Waals surface area contributed by atoms with Gasteiger partial charge in [-0.25, -0.2) is 4.98 Å². The molecule has 162 valence electrons. The summed E-state index contributed by atoms with van der Waals surface area (Å²) in [7, 11) is 1.61. The zero-order valence-electron chi connectivity index (χ0n) is 17.5. The number of esters is 1. The van der Waals surface area contributed by atoms with E-state index in [-0.39, 0.29) is 18.3 Å². The summed E-state index contributed by atoms with van der Waals surface area (Å²) in [6.45, 7) is 2.74. The first-order valence-electron chi connectivity index (χ1n) is 10.3. The van der Waals surface area contributed by atoms with Crippen LogP contribution >= 0.6 is 0 Å². The summed E-state index contributed by atoms with van der Waals surface area (Å²) in [5.41, 5.74) is 2.26. The topological polar surface area (TPSA) is 93.9 Å². The minimum Gasteiger partial charge on any atom is -0.508 e. The number of fused-ring (bicyclic) bond motifs is 3. The van der Waals surface area contributed by atoms with E-state index in [9.17, 15) is 14.7 Å². The van der Waals surface area contributed by atoms with Crippen LogP contribution in [0.2, 0.25) is 0 Å². The lowest BCUT2D eigenvalue weighted by Crippen LogP contribution is -2.50. The van der Waals surface area contributed by atoms with Gasteiger partial charge in [-0.15, -0.1) is 0 Å². The van der Waals surface area contributed by atoms with Crippen molar-refractivity contribution in [2.45, 2.75) is 19.4 Å². The van der Waals surface area contributed by atoms with Gasteiger partial charge in [0.05, 0.1) is 23.7 Å². The largest absolute Gasteiger partial charge is 0.508 e. The van der Waals surface area contributed by atoms with Crippen LogP contribution in [0.15, 0.2) is 48.5 Å². The lowest BCUT2D eigenvalue weighted by molar-refractivity contribution is -0.153. The number of phenols is 1. The maximum absolute atomic E-state index is 13.6. The van der Waals surface area contributed by atoms with Crippen molar-refractivity contribution in [2.75, 3.05) is 31.8 Å². The summed E-state index contributed by atoms with van der Waals surface area (Å²) < 4.78 is 12.4. The van der Waals surface area contributed by atoms with E-state index >= 15 is 0 Å². The van der Waals surface area contributed by atoms with Crippen LogP contribution in [0, 0.1) is 5.92 Å². The fourth-order valence-corrected chi connectivity index (χ4v) is 4.10. The number of methoxy groups -OCH3 is 1. The number of aromatic nitrogens is 2. The lowest BCUT2D eigenvalue weighted by atomic mass is 9.89. The van der Waals surface area contributed by atoms with Gasteiger partial charge in [-0.1, -0.05) is 24.3 Å². The second-order valence-corrected chi connectivity index (χ2v) is 7.37. The zero-order chi connectivity index (χ0) is 22.0. The van der Waals surface area contributed by atoms with E-state index in [0.29, 0.717) is 31.1 Å². The summed E-state index contributed by atoms with van der Waals surface area (Å²) >= 11 is 0. The first-order valence-corrected chi connectivity index (χ1v) is 10.3. The van der Waals surface area contributed by atoms with Crippen molar-refractivity contribution < 1.29 is 24.2 Å². The highest BCUT2D eigenvalue weighted by molar-refractivity contribution is 6.08. The summed E-state index contributed by atoms with van der Waals surface area (Å²) in [6, 6.07) is 13.5. The summed E-state index contributed by atoms with van der Waals surface area (Å²) in [5, 5.41) is 9.76. The molecule has 2 heterocycles. The number of nitrogens with zero attached hydrogens (tertiary/aromatic N) is 3. The van der Waals surface area contributed by atoms with Crippen molar-refractivity contribution in [1.29, 1.82) is 0 Å². The molecule has 1 aromatic heterocycles. The van der Waals surface area contributed by atoms with E-state index < -0.39 is 17.9 Å². The number of carbonyl (C=O) groups excluding carboxylic acids is 2. The van der Waals surface area contributed by atoms with Crippen molar-refractivity contribution in [2.24, 2.45) is 5.92 Å². The maximum Gasteiger partial charge on any atom is 0.321 e. The molecule has 0 saturated heterocycles. The fraction of sp³-hybridized carbons (Fsp3) is 0.348. The molecule has 8 heteroatoms. The average molecular weight is 423 g/mol. The molecule has 31 heavy (non-hydrogen) atoms. The highest BCUT2D eigenvalue weighted by Crippen LogP contribution is 2.41. The molecular weight excluding hydrogens is 398 g/mol. The molecule has 2 aromatic carbocycles. The number of hydrogen-bond acceptors (Lipinski definition) is 6. The fourth-order valence-electron chi connectivity index (χ4n) is 4.10. The van der Waals surface area contributed by atoms with Crippen LogP contribution in [-0.4, -0.2) is 53.4 Å². The van der Waals surface area contributed by atoms with Gasteiger partial charge < -0.3 is 19.1 Å². The molecule has 4 rings (SSSR count). The highest BCUT2D eigenvalue weighted by atomic mass is 16.5. The standard InChI is InChI=1S/C23H25N3O5/c1-3-31-22(29)19-20(15-9-11-16(27)12-10-15)26-18-8-5-4-7-17(18)24-23(26)25(21(19)28)13-6-14-30-2/h4-5,7-12,19-20,27H,3,6,13-14H2,1-2H3/t19-,20+/m0/s1. The van der Waals surface area contributed by atoms with Gasteiger partial charge in [-0.05, 0) is 43.2 Å². The van der Waals surface area contributed by atoms with Crippen LogP contribution in [0.5, 0.6) is 5.75 Å². The third kappa shape index (κ3) is 3.74. The second-order valence-electron chi connectivity index (χ2n) is 7.37. The Bertz CT molecular complexity index is 1090. The van der Waals surface area contributed by atoms with E-state index in [2.05, 4.69) is 0 Å². The van der Waals surface area contributed by atoms with E-state index in [1.807, 2.05) is 28.8 Å². The zero-order valence-corrected chi connectivity index (χ0v) is 17.5. The summed E-state index contributed by atoms with van der Waals surface area (Å²) in [4.78, 5) is 32.9. The predicted molar refractivity (Wildman–Crippen MR) is 115 cm³/mol. The van der Waals surface area contributed by atoms with Gasteiger partial charge in [-0.2, -0.15) is 0 Å². The van der Waals surface area contributed by atoms with Crippen molar-refractivity contribution in [3.8, 4) is 5.75 Å². The molecule has 0 fully saturated rings. The van der Waals surface area contributed by atoms with Crippen molar-refractivity contribution in [1.82, 2.24) is 9.55 Å². The molecule has 2 atom stereocenters. The van der Waals surface area contributed by atoms with Gasteiger partial charge in [-0.3, -0.25) is 14.5 Å². The smallest absolute Gasteiger partial charge is 0.321 e. The number of hydrogen-bond donors (Lipinski definition) is 1. The average Bonchev–Trinajstić information content (AvgIpc) is 3.15. The molecular formula is C23H25N3O5. The SMILES string of the molecule is CCOC(=O)[C@@H]1C(=O)N(CCCOC)c2nc3ccccc3n2[C@@H]1c1ccc(O)cc1. The second kappa shape index (κ2) is 8.77. The van der Waals surface area contributed by atoms with Crippen LogP contribution in [0.1, 0.15) is 24.9 Å². The van der Waals surface area contributed by atoms with E-state index in [0.717, 1.165) is 11.0 Å². The number of para-hydroxylation sites is 2. The van der Waals surface area contributed by atoms with Crippen molar-refractivity contribution in [3.63, 3.8) is 0 Å². The van der Waals surface area contributed by atoms with Gasteiger partial charge in [0.15, 0.2) is 5.92 Å². The van der Waals surface area contributed by atoms with Gasteiger partial charge >= 0.3 is 5.97 Å². The predicted octanol–water partition coefficient (Wildman–Crippen LogP) is 2.89. The van der Waals surface area contributed by atoms with Gasteiger partial charge in [0.1, 0.15) is 5.75 Å². The summed E-state index contributed by atoms with van der Waals surface area (Å²) in [5.74, 6) is -1.41. The van der Waals surface area contributed by atoms with Crippen LogP contribution in [0.4, 0.5) is 5.95 Å². The van der Waals surface area contributed by atoms with Crippen LogP contribution in [0.3, 0.4) is 0 Å². The monoisotopic (exact) mass is 423 g/mol. The van der Waals surface area contributed by atoms with Gasteiger partial charge in [0.2, 0.25) is 11.9 Å². The molecule has 0 bridgehead atoms. The Kier molecular flexibility index (Phi) is 5.90. The van der Waals surface area contributed by atoms with E-state index in [1.165, 1.54) is 0 Å². The Balaban J connectivity index is 1.93. The number of carbonyl (C=O) groups is 2. The molecule has 1 amide bonds. The number of imidazole rings is 1. The third-order valence-electron chi connectivity index (χ3n) is 5.45. The van der Waals surface area contributed by atoms with Crippen molar-refractivity contribution in [3.05, 3.63) is 54.1 Å².